The van der Waals surface area contributed by atoms with Gasteiger partial charge in [0.2, 0.25) is 17.6 Å². The van der Waals surface area contributed by atoms with Crippen LogP contribution in [0.15, 0.2) is 22.0 Å². The number of hydrogen-bond donors (Lipinski definition) is 2. The molecule has 0 radical (unpaired) electrons. The maximum Gasteiger partial charge on any atom is 0.439 e. The molecule has 0 spiro atoms. The van der Waals surface area contributed by atoms with Gasteiger partial charge in [0.1, 0.15) is 5.52 Å². The Morgan fingerprint density at radius 2 is 2.00 bits per heavy atom. The molecule has 3 fully saturated rings. The molecule has 2 N–H and O–H groups in total. The summed E-state index contributed by atoms with van der Waals surface area (Å²) in [6, 6.07) is 0.255. The molecule has 2 aliphatic carbocycles. The normalized spacial score (nSPS) is 25.0. The highest BCUT2D eigenvalue weighted by Gasteiger charge is 2.32. The van der Waals surface area contributed by atoms with Gasteiger partial charge in [0, 0.05) is 32.8 Å². The first-order valence-corrected chi connectivity index (χ1v) is 14.0. The van der Waals surface area contributed by atoms with Crippen LogP contribution in [0.2, 0.25) is 0 Å². The summed E-state index contributed by atoms with van der Waals surface area (Å²) in [5, 5.41) is 7.55. The molecule has 4 heterocycles. The summed E-state index contributed by atoms with van der Waals surface area (Å²) in [7, 11) is 1.77. The Kier molecular flexibility index (Phi) is 6.94. The van der Waals surface area contributed by atoms with Gasteiger partial charge in [-0.25, -0.2) is 14.8 Å². The summed E-state index contributed by atoms with van der Waals surface area (Å²) in [4.78, 5) is 31.3. The summed E-state index contributed by atoms with van der Waals surface area (Å²) in [5.41, 5.74) is 1.50. The van der Waals surface area contributed by atoms with Crippen LogP contribution in [-0.2, 0) is 11.3 Å². The Bertz CT molecular complexity index is 1330. The number of H-pyrrole nitrogens is 1. The van der Waals surface area contributed by atoms with E-state index in [-0.39, 0.29) is 18.0 Å². The molecular weight excluding hydrogens is 484 g/mol. The van der Waals surface area contributed by atoms with Crippen molar-refractivity contribution in [2.45, 2.75) is 77.0 Å². The molecule has 0 amide bonds. The second-order valence-corrected chi connectivity index (χ2v) is 11.3. The molecule has 2 atom stereocenters. The quantitative estimate of drug-likeness (QED) is 0.401. The molecule has 6 rings (SSSR count). The van der Waals surface area contributed by atoms with E-state index in [1.165, 1.54) is 32.1 Å². The fraction of sp³-hybridized carbons (Fsp3) is 0.667. The molecule has 3 aliphatic rings. The van der Waals surface area contributed by atoms with Crippen LogP contribution in [0.5, 0.6) is 0 Å². The molecule has 11 heteroatoms. The number of aromatic nitrogens is 6. The van der Waals surface area contributed by atoms with Crippen LogP contribution in [0.1, 0.15) is 58.3 Å². The topological polar surface area (TPSA) is 127 Å². The van der Waals surface area contributed by atoms with Crippen LogP contribution in [0.4, 0.5) is 11.8 Å². The largest absolute Gasteiger partial charge is 0.439 e. The van der Waals surface area contributed by atoms with Crippen molar-refractivity contribution in [1.29, 1.82) is 0 Å². The second-order valence-electron chi connectivity index (χ2n) is 11.3. The molecule has 3 aromatic rings. The molecule has 1 aliphatic heterocycles. The fourth-order valence-corrected chi connectivity index (χ4v) is 6.21. The number of hydrogen-bond acceptors (Lipinski definition) is 9. The lowest BCUT2D eigenvalue weighted by Crippen LogP contribution is -2.31. The van der Waals surface area contributed by atoms with Crippen LogP contribution < -0.4 is 16.0 Å². The minimum absolute atomic E-state index is 0.185. The molecule has 1 saturated heterocycles. The lowest BCUT2D eigenvalue weighted by Gasteiger charge is -2.32. The number of nitrogens with one attached hydrogen (secondary N) is 2. The maximum atomic E-state index is 11.7. The molecule has 38 heavy (non-hydrogen) atoms. The van der Waals surface area contributed by atoms with Gasteiger partial charge < -0.3 is 19.5 Å². The van der Waals surface area contributed by atoms with Crippen molar-refractivity contribution < 1.29 is 9.26 Å². The first kappa shape index (κ1) is 25.1. The first-order chi connectivity index (χ1) is 18.5. The minimum Gasteiger partial charge on any atom is -0.380 e. The monoisotopic (exact) mass is 522 g/mol. The molecule has 0 aromatic carbocycles. The molecular formula is C27H38N8O3. The number of nitrogens with zero attached hydrogens (tertiary/aromatic N) is 6. The summed E-state index contributed by atoms with van der Waals surface area (Å²) in [6.45, 7) is 8.77. The summed E-state index contributed by atoms with van der Waals surface area (Å²) in [5.74, 6) is 3.28. The number of anilines is 2. The zero-order valence-electron chi connectivity index (χ0n) is 22.4. The fourth-order valence-electron chi connectivity index (χ4n) is 6.21. The van der Waals surface area contributed by atoms with Gasteiger partial charge in [-0.1, -0.05) is 17.7 Å². The Labute approximate surface area is 222 Å². The van der Waals surface area contributed by atoms with E-state index in [1.54, 1.807) is 7.11 Å². The second kappa shape index (κ2) is 10.5. The van der Waals surface area contributed by atoms with Crippen LogP contribution in [-0.4, -0.2) is 62.0 Å². The zero-order chi connectivity index (χ0) is 26.2. The number of allylic oxidation sites excluding steroid dienone is 1. The predicted octanol–water partition coefficient (Wildman–Crippen LogP) is 3.99. The average molecular weight is 523 g/mol. The SMILES string of the molecule is C=C[C@H]1CC[C@H](Cn2c(N3CCC(OC)C3)nc3nc(-c4noc(=O)[nH]4)nc(N[C@H](C)C4CCC4)c32)CC1. The molecule has 11 nitrogen and oxygen atoms in total. The number of rotatable bonds is 9. The van der Waals surface area contributed by atoms with Crippen LogP contribution in [0.3, 0.4) is 0 Å². The van der Waals surface area contributed by atoms with Gasteiger partial charge in [-0.05, 0) is 69.6 Å². The van der Waals surface area contributed by atoms with Gasteiger partial charge in [0.05, 0.1) is 6.10 Å². The van der Waals surface area contributed by atoms with E-state index in [0.717, 1.165) is 56.2 Å². The van der Waals surface area contributed by atoms with E-state index < -0.39 is 5.76 Å². The van der Waals surface area contributed by atoms with E-state index in [1.807, 2.05) is 0 Å². The zero-order valence-corrected chi connectivity index (χ0v) is 22.4. The summed E-state index contributed by atoms with van der Waals surface area (Å²) < 4.78 is 12.8. The van der Waals surface area contributed by atoms with Gasteiger partial charge >= 0.3 is 5.76 Å². The highest BCUT2D eigenvalue weighted by Crippen LogP contribution is 2.37. The Morgan fingerprint density at radius 3 is 2.63 bits per heavy atom. The summed E-state index contributed by atoms with van der Waals surface area (Å²) in [6.07, 6.45) is 11.6. The molecule has 0 bridgehead atoms. The van der Waals surface area contributed by atoms with Gasteiger partial charge in [-0.15, -0.1) is 6.58 Å². The van der Waals surface area contributed by atoms with Crippen molar-refractivity contribution in [1.82, 2.24) is 29.7 Å². The standard InChI is InChI=1S/C27H38N8O3/c1-4-17-8-10-18(11-9-17)14-35-21-22(28-16(2)19-6-5-7-19)29-24(25-32-27(36)38-33-25)30-23(21)31-26(35)34-13-12-20(15-34)37-3/h4,16-20H,1,5-15H2,2-3H3,(H,28,29,30)(H,32,33,36)/t16-,17-,18-,20?/m1/s1. The highest BCUT2D eigenvalue weighted by atomic mass is 16.5. The van der Waals surface area contributed by atoms with Gasteiger partial charge in [-0.3, -0.25) is 9.51 Å². The van der Waals surface area contributed by atoms with Crippen molar-refractivity contribution in [3.8, 4) is 11.6 Å². The van der Waals surface area contributed by atoms with Crippen LogP contribution >= 0.6 is 0 Å². The van der Waals surface area contributed by atoms with E-state index in [9.17, 15) is 4.79 Å². The van der Waals surface area contributed by atoms with Gasteiger partial charge in [0.15, 0.2) is 11.5 Å². The number of imidazole rings is 1. The van der Waals surface area contributed by atoms with Crippen molar-refractivity contribution in [2.24, 2.45) is 17.8 Å². The van der Waals surface area contributed by atoms with Crippen molar-refractivity contribution >= 4 is 22.9 Å². The smallest absolute Gasteiger partial charge is 0.380 e. The molecule has 1 unspecified atom stereocenters. The minimum atomic E-state index is -0.634. The Hall–Kier alpha value is -3.21. The number of ether oxygens (including phenoxy) is 1. The molecule has 3 aromatic heterocycles. The maximum absolute atomic E-state index is 11.7. The Balaban J connectivity index is 1.44. The molecule has 2 saturated carbocycles. The number of aromatic amines is 1. The molecule has 204 valence electrons. The highest BCUT2D eigenvalue weighted by molar-refractivity contribution is 5.87. The van der Waals surface area contributed by atoms with Crippen molar-refractivity contribution in [3.05, 3.63) is 23.2 Å². The van der Waals surface area contributed by atoms with Gasteiger partial charge in [0.25, 0.3) is 0 Å². The number of methoxy groups -OCH3 is 1. The lowest BCUT2D eigenvalue weighted by atomic mass is 9.80. The van der Waals surface area contributed by atoms with E-state index in [0.29, 0.717) is 29.2 Å². The summed E-state index contributed by atoms with van der Waals surface area (Å²) >= 11 is 0. The number of fused-ring (bicyclic) bond motifs is 1. The van der Waals surface area contributed by atoms with Crippen LogP contribution in [0, 0.1) is 17.8 Å². The van der Waals surface area contributed by atoms with E-state index in [2.05, 4.69) is 44.5 Å². The predicted molar refractivity (Wildman–Crippen MR) is 145 cm³/mol. The van der Waals surface area contributed by atoms with Crippen molar-refractivity contribution in [3.63, 3.8) is 0 Å². The third kappa shape index (κ3) is 4.83. The van der Waals surface area contributed by atoms with Crippen LogP contribution in [0.25, 0.3) is 22.8 Å². The van der Waals surface area contributed by atoms with Gasteiger partial charge in [-0.2, -0.15) is 4.98 Å². The van der Waals surface area contributed by atoms with E-state index in [4.69, 9.17) is 24.2 Å². The lowest BCUT2D eigenvalue weighted by molar-refractivity contribution is 0.121. The Morgan fingerprint density at radius 1 is 1.18 bits per heavy atom. The third-order valence-corrected chi connectivity index (χ3v) is 8.88. The first-order valence-electron chi connectivity index (χ1n) is 14.0. The van der Waals surface area contributed by atoms with E-state index >= 15 is 0 Å². The van der Waals surface area contributed by atoms with Crippen molar-refractivity contribution in [2.75, 3.05) is 30.4 Å². The average Bonchev–Trinajstić information content (AvgIpc) is 3.62. The third-order valence-electron chi connectivity index (χ3n) is 8.88.